The smallest absolute Gasteiger partial charge is 0.131 e. The van der Waals surface area contributed by atoms with Gasteiger partial charge in [-0.3, -0.25) is 0 Å². The maximum Gasteiger partial charge on any atom is 0.131 e. The van der Waals surface area contributed by atoms with Crippen LogP contribution in [0.5, 0.6) is 0 Å². The van der Waals surface area contributed by atoms with Crippen molar-refractivity contribution < 1.29 is 8.78 Å². The van der Waals surface area contributed by atoms with Gasteiger partial charge < -0.3 is 5.32 Å². The van der Waals surface area contributed by atoms with Crippen LogP contribution in [-0.4, -0.2) is 7.05 Å². The summed E-state index contributed by atoms with van der Waals surface area (Å²) in [7, 11) is 1.73. The van der Waals surface area contributed by atoms with Crippen LogP contribution in [0.15, 0.2) is 22.7 Å². The molecule has 2 rings (SSSR count). The fourth-order valence-corrected chi connectivity index (χ4v) is 3.72. The topological polar surface area (TPSA) is 12.0 Å². The van der Waals surface area contributed by atoms with Gasteiger partial charge in [0.15, 0.2) is 0 Å². The van der Waals surface area contributed by atoms with Gasteiger partial charge in [0.05, 0.1) is 6.04 Å². The average molecular weight is 367 g/mol. The first-order chi connectivity index (χ1) is 8.93. The van der Waals surface area contributed by atoms with Gasteiger partial charge in [-0.05, 0) is 47.6 Å². The molecule has 102 valence electrons. The lowest BCUT2D eigenvalue weighted by molar-refractivity contribution is 0.549. The van der Waals surface area contributed by atoms with Gasteiger partial charge in [-0.15, -0.1) is 11.3 Å². The molecule has 0 aliphatic rings. The van der Waals surface area contributed by atoms with Gasteiger partial charge in [-0.1, -0.05) is 11.6 Å². The van der Waals surface area contributed by atoms with Gasteiger partial charge in [0.2, 0.25) is 0 Å². The second-order valence-electron chi connectivity index (χ2n) is 4.12. The summed E-state index contributed by atoms with van der Waals surface area (Å²) >= 11 is 10.7. The molecule has 19 heavy (non-hydrogen) atoms. The molecule has 0 fully saturated rings. The molecular formula is C13H11BrClF2NS. The highest BCUT2D eigenvalue weighted by atomic mass is 79.9. The maximum atomic E-state index is 13.9. The zero-order valence-electron chi connectivity index (χ0n) is 10.2. The molecule has 1 N–H and O–H groups in total. The Hall–Kier alpha value is -0.490. The predicted molar refractivity (Wildman–Crippen MR) is 79.0 cm³/mol. The molecule has 2 aromatic rings. The minimum atomic E-state index is -0.567. The Kier molecular flexibility index (Phi) is 4.61. The van der Waals surface area contributed by atoms with Crippen LogP contribution in [0.2, 0.25) is 4.34 Å². The second kappa shape index (κ2) is 5.87. The van der Waals surface area contributed by atoms with E-state index in [1.807, 2.05) is 6.07 Å². The van der Waals surface area contributed by atoms with Crippen LogP contribution in [0.4, 0.5) is 8.78 Å². The van der Waals surface area contributed by atoms with Crippen LogP contribution in [0.3, 0.4) is 0 Å². The summed E-state index contributed by atoms with van der Waals surface area (Å²) in [6.45, 7) is 1.61. The van der Waals surface area contributed by atoms with Gasteiger partial charge in [0.25, 0.3) is 0 Å². The third-order valence-corrected chi connectivity index (χ3v) is 5.37. The van der Waals surface area contributed by atoms with Crippen LogP contribution < -0.4 is 5.32 Å². The summed E-state index contributed by atoms with van der Waals surface area (Å²) in [4.78, 5) is 0.865. The molecule has 0 spiro atoms. The highest BCUT2D eigenvalue weighted by Crippen LogP contribution is 2.38. The number of hydrogen-bond acceptors (Lipinski definition) is 2. The number of nitrogens with one attached hydrogen (secondary N) is 1. The summed E-state index contributed by atoms with van der Waals surface area (Å²) in [5, 5.41) is 3.03. The normalized spacial score (nSPS) is 12.7. The Morgan fingerprint density at radius 3 is 2.47 bits per heavy atom. The summed E-state index contributed by atoms with van der Waals surface area (Å²) in [5.41, 5.74) is 0.824. The Balaban J connectivity index is 2.50. The maximum absolute atomic E-state index is 13.9. The number of rotatable bonds is 3. The van der Waals surface area contributed by atoms with Crippen LogP contribution in [-0.2, 0) is 0 Å². The lowest BCUT2D eigenvalue weighted by atomic mass is 10.0. The van der Waals surface area contributed by atoms with Crippen LogP contribution in [0.1, 0.15) is 22.0 Å². The lowest BCUT2D eigenvalue weighted by Gasteiger charge is -2.16. The van der Waals surface area contributed by atoms with Gasteiger partial charge in [0, 0.05) is 21.0 Å². The molecule has 6 heteroatoms. The van der Waals surface area contributed by atoms with Gasteiger partial charge in [-0.25, -0.2) is 8.78 Å². The van der Waals surface area contributed by atoms with E-state index in [-0.39, 0.29) is 6.04 Å². The molecule has 1 nitrogen and oxygen atoms in total. The molecule has 1 aromatic heterocycles. The van der Waals surface area contributed by atoms with Crippen molar-refractivity contribution >= 4 is 38.9 Å². The standard InChI is InChI=1S/C13H11BrClF2NS/c1-6-3-7(10(17)5-9(6)16)12(18-2)11-4-8(14)13(15)19-11/h3-5,12,18H,1-2H3. The minimum Gasteiger partial charge on any atom is -0.309 e. The largest absolute Gasteiger partial charge is 0.309 e. The number of benzene rings is 1. The van der Waals surface area contributed by atoms with Crippen molar-refractivity contribution in [3.63, 3.8) is 0 Å². The van der Waals surface area contributed by atoms with E-state index < -0.39 is 11.6 Å². The van der Waals surface area contributed by atoms with Gasteiger partial charge >= 0.3 is 0 Å². The number of halogens is 4. The molecule has 1 unspecified atom stereocenters. The fraction of sp³-hybridized carbons (Fsp3) is 0.231. The van der Waals surface area contributed by atoms with E-state index in [0.29, 0.717) is 15.5 Å². The molecule has 1 heterocycles. The quantitative estimate of drug-likeness (QED) is 0.800. The molecule has 0 aliphatic heterocycles. The molecular weight excluding hydrogens is 356 g/mol. The van der Waals surface area contributed by atoms with Crippen LogP contribution in [0, 0.1) is 18.6 Å². The minimum absolute atomic E-state index is 0.354. The molecule has 1 aromatic carbocycles. The third kappa shape index (κ3) is 2.99. The van der Waals surface area contributed by atoms with E-state index in [9.17, 15) is 8.78 Å². The van der Waals surface area contributed by atoms with Gasteiger partial charge in [0.1, 0.15) is 16.0 Å². The first kappa shape index (κ1) is 14.9. The lowest BCUT2D eigenvalue weighted by Crippen LogP contribution is -2.18. The summed E-state index contributed by atoms with van der Waals surface area (Å²) in [6.07, 6.45) is 0. The monoisotopic (exact) mass is 365 g/mol. The van der Waals surface area contributed by atoms with Crippen molar-refractivity contribution in [3.8, 4) is 0 Å². The zero-order chi connectivity index (χ0) is 14.2. The van der Waals surface area contributed by atoms with E-state index in [0.717, 1.165) is 15.4 Å². The van der Waals surface area contributed by atoms with Crippen molar-refractivity contribution in [1.82, 2.24) is 5.32 Å². The van der Waals surface area contributed by atoms with Crippen LogP contribution >= 0.6 is 38.9 Å². The zero-order valence-corrected chi connectivity index (χ0v) is 13.4. The van der Waals surface area contributed by atoms with Crippen molar-refractivity contribution in [3.05, 3.63) is 54.6 Å². The first-order valence-corrected chi connectivity index (χ1v) is 7.50. The second-order valence-corrected chi connectivity index (χ2v) is 6.66. The average Bonchev–Trinajstić information content (AvgIpc) is 2.67. The van der Waals surface area contributed by atoms with E-state index >= 15 is 0 Å². The number of thiophene rings is 1. The molecule has 0 amide bonds. The molecule has 0 saturated carbocycles. The summed E-state index contributed by atoms with van der Waals surface area (Å²) in [6, 6.07) is 3.92. The third-order valence-electron chi connectivity index (χ3n) is 2.83. The SMILES string of the molecule is CNC(c1cc(Br)c(Cl)s1)c1cc(C)c(F)cc1F. The molecule has 0 radical (unpaired) electrons. The Morgan fingerprint density at radius 2 is 1.95 bits per heavy atom. The highest BCUT2D eigenvalue weighted by Gasteiger charge is 2.21. The van der Waals surface area contributed by atoms with Crippen molar-refractivity contribution in [2.24, 2.45) is 0 Å². The molecule has 0 saturated heterocycles. The highest BCUT2D eigenvalue weighted by molar-refractivity contribution is 9.10. The van der Waals surface area contributed by atoms with Gasteiger partial charge in [-0.2, -0.15) is 0 Å². The first-order valence-electron chi connectivity index (χ1n) is 5.51. The number of hydrogen-bond donors (Lipinski definition) is 1. The van der Waals surface area contributed by atoms with Crippen molar-refractivity contribution in [2.75, 3.05) is 7.05 Å². The predicted octanol–water partition coefficient (Wildman–Crippen LogP) is 5.06. The van der Waals surface area contributed by atoms with Crippen molar-refractivity contribution in [1.29, 1.82) is 0 Å². The summed E-state index contributed by atoms with van der Waals surface area (Å²) < 4.78 is 28.6. The molecule has 1 atom stereocenters. The van der Waals surface area contributed by atoms with E-state index in [1.54, 1.807) is 14.0 Å². The van der Waals surface area contributed by atoms with Crippen molar-refractivity contribution in [2.45, 2.75) is 13.0 Å². The molecule has 0 bridgehead atoms. The Labute approximate surface area is 127 Å². The Bertz CT molecular complexity index is 595. The van der Waals surface area contributed by atoms with E-state index in [1.165, 1.54) is 17.4 Å². The van der Waals surface area contributed by atoms with E-state index in [4.69, 9.17) is 11.6 Å². The van der Waals surface area contributed by atoms with E-state index in [2.05, 4.69) is 21.2 Å². The summed E-state index contributed by atoms with van der Waals surface area (Å²) in [5.74, 6) is -1.11. The Morgan fingerprint density at radius 1 is 1.26 bits per heavy atom. The molecule has 0 aliphatic carbocycles. The number of aryl methyl sites for hydroxylation is 1. The fourth-order valence-electron chi connectivity index (χ4n) is 1.86. The van der Waals surface area contributed by atoms with Crippen LogP contribution in [0.25, 0.3) is 0 Å².